The molecule has 2 N–H and O–H groups in total. The Morgan fingerprint density at radius 1 is 1.04 bits per heavy atom. The molecule has 24 heavy (non-hydrogen) atoms. The van der Waals surface area contributed by atoms with Crippen LogP contribution >= 0.6 is 7.82 Å². The van der Waals surface area contributed by atoms with E-state index in [1.54, 1.807) is 0 Å². The molecule has 3 aromatic rings. The van der Waals surface area contributed by atoms with Crippen LogP contribution < -0.4 is 0 Å². The molecule has 5 nitrogen and oxygen atoms in total. The largest absolute Gasteiger partial charge is 0.469 e. The Kier molecular flexibility index (Phi) is 4.54. The van der Waals surface area contributed by atoms with Crippen LogP contribution in [0.2, 0.25) is 0 Å². The van der Waals surface area contributed by atoms with Gasteiger partial charge >= 0.3 is 7.82 Å². The highest BCUT2D eigenvalue weighted by Crippen LogP contribution is 2.39. The summed E-state index contributed by atoms with van der Waals surface area (Å²) < 4.78 is 18.0. The Labute approximate surface area is 141 Å². The summed E-state index contributed by atoms with van der Waals surface area (Å²) in [6.45, 7) is 6.09. The van der Waals surface area contributed by atoms with E-state index in [1.165, 1.54) is 11.1 Å². The third kappa shape index (κ3) is 3.26. The fourth-order valence-electron chi connectivity index (χ4n) is 3.23. The fourth-order valence-corrected chi connectivity index (χ4v) is 3.60. The van der Waals surface area contributed by atoms with E-state index in [2.05, 4.69) is 54.8 Å². The van der Waals surface area contributed by atoms with Gasteiger partial charge in [0.1, 0.15) is 0 Å². The van der Waals surface area contributed by atoms with E-state index in [0.717, 1.165) is 21.8 Å². The molecular formula is C18H22NO4P. The van der Waals surface area contributed by atoms with Gasteiger partial charge in [0.2, 0.25) is 0 Å². The summed E-state index contributed by atoms with van der Waals surface area (Å²) in [4.78, 5) is 18.1. The van der Waals surface area contributed by atoms with E-state index in [4.69, 9.17) is 14.3 Å². The molecule has 0 fully saturated rings. The van der Waals surface area contributed by atoms with Crippen molar-refractivity contribution in [3.05, 3.63) is 47.5 Å². The van der Waals surface area contributed by atoms with E-state index in [1.807, 2.05) is 6.92 Å². The highest BCUT2D eigenvalue weighted by atomic mass is 31.2. The number of aryl methyl sites for hydroxylation is 2. The van der Waals surface area contributed by atoms with E-state index in [9.17, 15) is 4.57 Å². The number of hydrogen-bond donors (Lipinski definition) is 2. The second-order valence-corrected chi connectivity index (χ2v) is 7.50. The first kappa shape index (κ1) is 17.2. The van der Waals surface area contributed by atoms with Crippen molar-refractivity contribution < 1.29 is 18.9 Å². The summed E-state index contributed by atoms with van der Waals surface area (Å²) in [7, 11) is -4.48. The van der Waals surface area contributed by atoms with Gasteiger partial charge in [-0.2, -0.15) is 0 Å². The lowest BCUT2D eigenvalue weighted by atomic mass is 10.1. The molecule has 1 heterocycles. The molecule has 0 aliphatic heterocycles. The van der Waals surface area contributed by atoms with E-state index >= 15 is 0 Å². The van der Waals surface area contributed by atoms with Crippen LogP contribution in [0, 0.1) is 13.8 Å². The first-order chi connectivity index (χ1) is 11.3. The normalized spacial score (nSPS) is 13.7. The van der Waals surface area contributed by atoms with Gasteiger partial charge in [-0.05, 0) is 44.5 Å². The number of hydrogen-bond acceptors (Lipinski definition) is 2. The standard InChI is InChI=1S/C18H22NO4P/c1-4-14(11-23-24(20,21)22)19-17-7-5-12(2)9-15(17)16-10-13(3)6-8-18(16)19/h5-10,14H,4,11H2,1-3H3,(H2,20,21,22). The number of phosphoric ester groups is 1. The molecule has 0 saturated heterocycles. The van der Waals surface area contributed by atoms with Crippen molar-refractivity contribution in [2.75, 3.05) is 6.61 Å². The molecule has 6 heteroatoms. The molecule has 0 radical (unpaired) electrons. The summed E-state index contributed by atoms with van der Waals surface area (Å²) in [6.07, 6.45) is 0.709. The van der Waals surface area contributed by atoms with Crippen LogP contribution in [0.3, 0.4) is 0 Å². The number of rotatable bonds is 5. The molecule has 0 aliphatic rings. The predicted molar refractivity (Wildman–Crippen MR) is 96.2 cm³/mol. The lowest BCUT2D eigenvalue weighted by molar-refractivity contribution is 0.170. The van der Waals surface area contributed by atoms with Crippen LogP contribution in [0.4, 0.5) is 0 Å². The number of aromatic nitrogens is 1. The van der Waals surface area contributed by atoms with Crippen LogP contribution in [0.5, 0.6) is 0 Å². The molecular weight excluding hydrogens is 325 g/mol. The zero-order valence-corrected chi connectivity index (χ0v) is 15.0. The van der Waals surface area contributed by atoms with Crippen molar-refractivity contribution in [3.63, 3.8) is 0 Å². The summed E-state index contributed by atoms with van der Waals surface area (Å²) >= 11 is 0. The highest BCUT2D eigenvalue weighted by Gasteiger charge is 2.22. The highest BCUT2D eigenvalue weighted by molar-refractivity contribution is 7.46. The van der Waals surface area contributed by atoms with Gasteiger partial charge < -0.3 is 14.4 Å². The number of fused-ring (bicyclic) bond motifs is 3. The molecule has 128 valence electrons. The van der Waals surface area contributed by atoms with Crippen molar-refractivity contribution in [2.45, 2.75) is 33.2 Å². The minimum Gasteiger partial charge on any atom is -0.335 e. The second-order valence-electron chi connectivity index (χ2n) is 6.26. The molecule has 0 saturated carbocycles. The molecule has 0 spiro atoms. The average Bonchev–Trinajstić information content (AvgIpc) is 2.81. The summed E-state index contributed by atoms with van der Waals surface area (Å²) in [6, 6.07) is 12.4. The Balaban J connectivity index is 2.22. The van der Waals surface area contributed by atoms with E-state index in [-0.39, 0.29) is 12.6 Å². The Hall–Kier alpha value is -1.65. The van der Waals surface area contributed by atoms with Crippen molar-refractivity contribution >= 4 is 29.6 Å². The van der Waals surface area contributed by atoms with Gasteiger partial charge in [-0.15, -0.1) is 0 Å². The van der Waals surface area contributed by atoms with Gasteiger partial charge in [-0.3, -0.25) is 4.52 Å². The molecule has 3 rings (SSSR count). The number of benzene rings is 2. The van der Waals surface area contributed by atoms with Crippen molar-refractivity contribution in [1.29, 1.82) is 0 Å². The fraction of sp³-hybridized carbons (Fsp3) is 0.333. The van der Waals surface area contributed by atoms with Crippen LogP contribution in [0.15, 0.2) is 36.4 Å². The summed E-state index contributed by atoms with van der Waals surface area (Å²) in [5.74, 6) is 0. The molecule has 1 aromatic heterocycles. The Bertz CT molecular complexity index is 882. The zero-order chi connectivity index (χ0) is 17.5. The lowest BCUT2D eigenvalue weighted by Gasteiger charge is -2.20. The average molecular weight is 347 g/mol. The molecule has 0 aliphatic carbocycles. The third-order valence-electron chi connectivity index (χ3n) is 4.38. The van der Waals surface area contributed by atoms with Crippen LogP contribution in [0.1, 0.15) is 30.5 Å². The van der Waals surface area contributed by atoms with Gasteiger partial charge in [0.25, 0.3) is 0 Å². The van der Waals surface area contributed by atoms with Gasteiger partial charge in [-0.25, -0.2) is 4.57 Å². The first-order valence-corrected chi connectivity index (χ1v) is 9.54. The molecule has 0 amide bonds. The van der Waals surface area contributed by atoms with Gasteiger partial charge in [0, 0.05) is 21.8 Å². The van der Waals surface area contributed by atoms with Crippen LogP contribution in [0.25, 0.3) is 21.8 Å². The van der Waals surface area contributed by atoms with Crippen LogP contribution in [-0.2, 0) is 9.09 Å². The van der Waals surface area contributed by atoms with Crippen molar-refractivity contribution in [2.24, 2.45) is 0 Å². The van der Waals surface area contributed by atoms with Gasteiger partial charge in [0.05, 0.1) is 12.6 Å². The molecule has 2 aromatic carbocycles. The maximum Gasteiger partial charge on any atom is 0.469 e. The first-order valence-electron chi connectivity index (χ1n) is 8.01. The van der Waals surface area contributed by atoms with Crippen LogP contribution in [-0.4, -0.2) is 21.0 Å². The smallest absolute Gasteiger partial charge is 0.335 e. The number of nitrogens with zero attached hydrogens (tertiary/aromatic N) is 1. The van der Waals surface area contributed by atoms with Gasteiger partial charge in [0.15, 0.2) is 0 Å². The van der Waals surface area contributed by atoms with E-state index in [0.29, 0.717) is 6.42 Å². The van der Waals surface area contributed by atoms with Crippen molar-refractivity contribution in [3.8, 4) is 0 Å². The zero-order valence-electron chi connectivity index (χ0n) is 14.1. The summed E-state index contributed by atoms with van der Waals surface area (Å²) in [5.41, 5.74) is 4.48. The Morgan fingerprint density at radius 2 is 1.54 bits per heavy atom. The minimum atomic E-state index is -4.48. The molecule has 0 bridgehead atoms. The van der Waals surface area contributed by atoms with E-state index < -0.39 is 7.82 Å². The molecule has 1 unspecified atom stereocenters. The second kappa shape index (κ2) is 6.34. The monoisotopic (exact) mass is 347 g/mol. The maximum atomic E-state index is 11.1. The summed E-state index contributed by atoms with van der Waals surface area (Å²) in [5, 5.41) is 2.31. The third-order valence-corrected chi connectivity index (χ3v) is 4.87. The quantitative estimate of drug-likeness (QED) is 0.668. The van der Waals surface area contributed by atoms with Crippen molar-refractivity contribution in [1.82, 2.24) is 4.57 Å². The predicted octanol–water partition coefficient (Wildman–Crippen LogP) is 4.47. The topological polar surface area (TPSA) is 71.7 Å². The lowest BCUT2D eigenvalue weighted by Crippen LogP contribution is -2.14. The molecule has 1 atom stereocenters. The Morgan fingerprint density at radius 3 is 1.96 bits per heavy atom. The number of phosphoric acid groups is 1. The maximum absolute atomic E-state index is 11.1. The SMILES string of the molecule is CCC(COP(=O)(O)O)n1c2ccc(C)cc2c2cc(C)ccc21. The van der Waals surface area contributed by atoms with Gasteiger partial charge in [-0.1, -0.05) is 30.2 Å². The minimum absolute atomic E-state index is 0.0264.